The minimum atomic E-state index is -0.206. The van der Waals surface area contributed by atoms with E-state index in [-0.39, 0.29) is 17.1 Å². The maximum Gasteiger partial charge on any atom is 0.196 e. The molecule has 1 aliphatic rings. The van der Waals surface area contributed by atoms with Gasteiger partial charge in [0.1, 0.15) is 0 Å². The first-order valence-electron chi connectivity index (χ1n) is 9.98. The Hall–Kier alpha value is -3.40. The van der Waals surface area contributed by atoms with Gasteiger partial charge in [-0.3, -0.25) is 9.59 Å². The molecule has 1 aliphatic carbocycles. The Morgan fingerprint density at radius 3 is 2.17 bits per heavy atom. The second-order valence-electron chi connectivity index (χ2n) is 7.53. The number of rotatable bonds is 5. The van der Waals surface area contributed by atoms with Crippen LogP contribution in [0.25, 0.3) is 0 Å². The Labute approximate surface area is 170 Å². The van der Waals surface area contributed by atoms with Gasteiger partial charge in [-0.1, -0.05) is 49.7 Å². The highest BCUT2D eigenvalue weighted by Crippen LogP contribution is 2.37. The fourth-order valence-electron chi connectivity index (χ4n) is 3.90. The van der Waals surface area contributed by atoms with E-state index in [2.05, 4.69) is 24.4 Å². The molecule has 0 bridgehead atoms. The number of ketones is 2. The molecule has 29 heavy (non-hydrogen) atoms. The Bertz CT molecular complexity index is 1130. The van der Waals surface area contributed by atoms with Crippen molar-refractivity contribution < 1.29 is 9.59 Å². The molecule has 4 rings (SSSR count). The molecular weight excluding hydrogens is 360 g/mol. The van der Waals surface area contributed by atoms with Crippen molar-refractivity contribution in [1.82, 2.24) is 0 Å². The highest BCUT2D eigenvalue weighted by atomic mass is 16.1. The maximum absolute atomic E-state index is 13.2. The molecule has 0 spiro atoms. The summed E-state index contributed by atoms with van der Waals surface area (Å²) in [5.41, 5.74) is 11.8. The second-order valence-corrected chi connectivity index (χ2v) is 7.53. The van der Waals surface area contributed by atoms with E-state index < -0.39 is 0 Å². The Morgan fingerprint density at radius 1 is 0.862 bits per heavy atom. The van der Waals surface area contributed by atoms with Crippen molar-refractivity contribution in [3.05, 3.63) is 88.0 Å². The average Bonchev–Trinajstić information content (AvgIpc) is 2.73. The van der Waals surface area contributed by atoms with Gasteiger partial charge >= 0.3 is 0 Å². The first-order valence-corrected chi connectivity index (χ1v) is 9.98. The predicted octanol–water partition coefficient (Wildman–Crippen LogP) is 5.44. The first kappa shape index (κ1) is 18.9. The van der Waals surface area contributed by atoms with Gasteiger partial charge in [-0.2, -0.15) is 0 Å². The molecule has 3 aromatic carbocycles. The van der Waals surface area contributed by atoms with Crippen LogP contribution in [0.5, 0.6) is 0 Å². The number of nitrogen functional groups attached to an aromatic ring is 1. The molecule has 0 aromatic heterocycles. The third-order valence-electron chi connectivity index (χ3n) is 5.49. The maximum atomic E-state index is 13.2. The largest absolute Gasteiger partial charge is 0.398 e. The van der Waals surface area contributed by atoms with Gasteiger partial charge in [0.05, 0.1) is 16.8 Å². The van der Waals surface area contributed by atoms with Crippen LogP contribution >= 0.6 is 0 Å². The van der Waals surface area contributed by atoms with Gasteiger partial charge in [-0.25, -0.2) is 0 Å². The number of anilines is 3. The van der Waals surface area contributed by atoms with Gasteiger partial charge in [0.2, 0.25) is 0 Å². The van der Waals surface area contributed by atoms with Crippen molar-refractivity contribution in [3.63, 3.8) is 0 Å². The lowest BCUT2D eigenvalue weighted by molar-refractivity contribution is 0.0980. The van der Waals surface area contributed by atoms with Crippen LogP contribution in [0.4, 0.5) is 17.1 Å². The molecule has 146 valence electrons. The van der Waals surface area contributed by atoms with E-state index in [9.17, 15) is 9.59 Å². The summed E-state index contributed by atoms with van der Waals surface area (Å²) in [6.45, 7) is 4.23. The van der Waals surface area contributed by atoms with Gasteiger partial charge in [-0.05, 0) is 49.1 Å². The quantitative estimate of drug-likeness (QED) is 0.450. The van der Waals surface area contributed by atoms with Gasteiger partial charge in [0.25, 0.3) is 0 Å². The third-order valence-corrected chi connectivity index (χ3v) is 5.49. The predicted molar refractivity (Wildman–Crippen MR) is 117 cm³/mol. The zero-order valence-corrected chi connectivity index (χ0v) is 16.7. The highest BCUT2D eigenvalue weighted by Gasteiger charge is 2.33. The third kappa shape index (κ3) is 3.31. The summed E-state index contributed by atoms with van der Waals surface area (Å²) < 4.78 is 0. The molecule has 0 fully saturated rings. The SMILES string of the molecule is CCCCc1ccc(Nc2ccc(N)c3c2C(=O)c2ccccc2C3=O)c(C)c1. The number of hydrogen-bond acceptors (Lipinski definition) is 4. The molecule has 0 unspecified atom stereocenters. The van der Waals surface area contributed by atoms with Gasteiger partial charge in [0, 0.05) is 22.5 Å². The van der Waals surface area contributed by atoms with Crippen LogP contribution in [0.1, 0.15) is 62.7 Å². The summed E-state index contributed by atoms with van der Waals surface area (Å²) in [4.78, 5) is 26.3. The van der Waals surface area contributed by atoms with Gasteiger partial charge in [-0.15, -0.1) is 0 Å². The molecule has 0 amide bonds. The van der Waals surface area contributed by atoms with Crippen LogP contribution < -0.4 is 11.1 Å². The number of aryl methyl sites for hydroxylation is 2. The number of unbranched alkanes of at least 4 members (excludes halogenated alkanes) is 1. The molecule has 0 atom stereocenters. The number of carbonyl (C=O) groups is 2. The summed E-state index contributed by atoms with van der Waals surface area (Å²) in [7, 11) is 0. The van der Waals surface area contributed by atoms with Crippen molar-refractivity contribution in [1.29, 1.82) is 0 Å². The van der Waals surface area contributed by atoms with Crippen LogP contribution in [0.15, 0.2) is 54.6 Å². The topological polar surface area (TPSA) is 72.2 Å². The smallest absolute Gasteiger partial charge is 0.196 e. The van der Waals surface area contributed by atoms with Crippen molar-refractivity contribution in [2.75, 3.05) is 11.1 Å². The Morgan fingerprint density at radius 2 is 1.52 bits per heavy atom. The molecule has 0 saturated heterocycles. The van der Waals surface area contributed by atoms with Crippen molar-refractivity contribution in [3.8, 4) is 0 Å². The van der Waals surface area contributed by atoms with Crippen LogP contribution in [0.2, 0.25) is 0 Å². The lowest BCUT2D eigenvalue weighted by Crippen LogP contribution is -2.23. The molecule has 0 radical (unpaired) electrons. The zero-order valence-electron chi connectivity index (χ0n) is 16.7. The lowest BCUT2D eigenvalue weighted by Gasteiger charge is -2.22. The van der Waals surface area contributed by atoms with Gasteiger partial charge < -0.3 is 11.1 Å². The monoisotopic (exact) mass is 384 g/mol. The molecule has 3 aromatic rings. The van der Waals surface area contributed by atoms with Crippen molar-refractivity contribution in [2.24, 2.45) is 0 Å². The molecular formula is C25H24N2O2. The van der Waals surface area contributed by atoms with E-state index in [4.69, 9.17) is 5.73 Å². The van der Waals surface area contributed by atoms with E-state index in [1.165, 1.54) is 5.56 Å². The molecule has 0 saturated carbocycles. The molecule has 4 heteroatoms. The molecule has 0 aliphatic heterocycles. The van der Waals surface area contributed by atoms with E-state index in [0.717, 1.165) is 30.5 Å². The number of hydrogen-bond donors (Lipinski definition) is 2. The van der Waals surface area contributed by atoms with Crippen LogP contribution in [-0.2, 0) is 6.42 Å². The molecule has 0 heterocycles. The summed E-state index contributed by atoms with van der Waals surface area (Å²) in [6.07, 6.45) is 3.38. The fourth-order valence-corrected chi connectivity index (χ4v) is 3.90. The first-order chi connectivity index (χ1) is 14.0. The Balaban J connectivity index is 1.76. The number of nitrogens with two attached hydrogens (primary N) is 1. The second kappa shape index (κ2) is 7.55. The minimum Gasteiger partial charge on any atom is -0.398 e. The number of carbonyl (C=O) groups excluding carboxylic acids is 2. The van der Waals surface area contributed by atoms with Crippen LogP contribution in [0.3, 0.4) is 0 Å². The van der Waals surface area contributed by atoms with E-state index in [1.54, 1.807) is 36.4 Å². The normalized spacial score (nSPS) is 12.5. The zero-order chi connectivity index (χ0) is 20.5. The molecule has 3 N–H and O–H groups in total. The van der Waals surface area contributed by atoms with Crippen molar-refractivity contribution in [2.45, 2.75) is 33.1 Å². The van der Waals surface area contributed by atoms with E-state index in [1.807, 2.05) is 13.0 Å². The summed E-state index contributed by atoms with van der Waals surface area (Å²) in [5.74, 6) is -0.384. The Kier molecular flexibility index (Phi) is 4.93. The van der Waals surface area contributed by atoms with E-state index >= 15 is 0 Å². The van der Waals surface area contributed by atoms with Crippen LogP contribution in [-0.4, -0.2) is 11.6 Å². The average molecular weight is 384 g/mol. The van der Waals surface area contributed by atoms with Gasteiger partial charge in [0.15, 0.2) is 11.6 Å². The standard InChI is InChI=1S/C25H24N2O2/c1-3-4-7-16-10-12-20(15(2)14-16)27-21-13-11-19(26)22-23(21)25(29)18-9-6-5-8-17(18)24(22)28/h5-6,8-14,27H,3-4,7,26H2,1-2H3. The van der Waals surface area contributed by atoms with E-state index in [0.29, 0.717) is 28.1 Å². The summed E-state index contributed by atoms with van der Waals surface area (Å²) >= 11 is 0. The van der Waals surface area contributed by atoms with Crippen LogP contribution in [0, 0.1) is 6.92 Å². The summed E-state index contributed by atoms with van der Waals surface area (Å²) in [6, 6.07) is 16.7. The minimum absolute atomic E-state index is 0.179. The summed E-state index contributed by atoms with van der Waals surface area (Å²) in [5, 5.41) is 3.36. The highest BCUT2D eigenvalue weighted by molar-refractivity contribution is 6.31. The lowest BCUT2D eigenvalue weighted by atomic mass is 9.82. The molecule has 4 nitrogen and oxygen atoms in total. The fraction of sp³-hybridized carbons (Fsp3) is 0.200. The number of benzene rings is 3. The van der Waals surface area contributed by atoms with Crippen molar-refractivity contribution >= 4 is 28.6 Å². The number of fused-ring (bicyclic) bond motifs is 2. The number of nitrogens with one attached hydrogen (secondary N) is 1.